The first kappa shape index (κ1) is 10.6. The van der Waals surface area contributed by atoms with E-state index in [2.05, 4.69) is 10.3 Å². The van der Waals surface area contributed by atoms with Gasteiger partial charge >= 0.3 is 0 Å². The van der Waals surface area contributed by atoms with Gasteiger partial charge in [-0.25, -0.2) is 4.98 Å². The van der Waals surface area contributed by atoms with E-state index in [-0.39, 0.29) is 0 Å². The van der Waals surface area contributed by atoms with Gasteiger partial charge in [0.25, 0.3) is 0 Å². The Kier molecular flexibility index (Phi) is 3.16. The molecule has 3 N–H and O–H groups in total. The largest absolute Gasteiger partial charge is 0.467 e. The van der Waals surface area contributed by atoms with Gasteiger partial charge in [-0.15, -0.1) is 0 Å². The van der Waals surface area contributed by atoms with Crippen LogP contribution >= 0.6 is 12.2 Å². The molecule has 4 nitrogen and oxygen atoms in total. The lowest BCUT2D eigenvalue weighted by Crippen LogP contribution is -2.10. The first-order valence-corrected chi connectivity index (χ1v) is 5.18. The summed E-state index contributed by atoms with van der Waals surface area (Å²) in [5.74, 6) is 1.62. The standard InChI is InChI=1S/C11H11N3OS/c12-11(16)8-3-4-10(13-6-8)14-7-9-2-1-5-15-9/h1-6H,7H2,(H2,12,16)(H,13,14). The number of furan rings is 1. The van der Waals surface area contributed by atoms with Crippen LogP contribution in [0.15, 0.2) is 41.1 Å². The van der Waals surface area contributed by atoms with Gasteiger partial charge in [0, 0.05) is 11.8 Å². The second-order valence-electron chi connectivity index (χ2n) is 3.23. The zero-order valence-electron chi connectivity index (χ0n) is 8.51. The first-order valence-electron chi connectivity index (χ1n) is 4.78. The van der Waals surface area contributed by atoms with Crippen molar-refractivity contribution in [2.45, 2.75) is 6.54 Å². The summed E-state index contributed by atoms with van der Waals surface area (Å²) in [7, 11) is 0. The summed E-state index contributed by atoms with van der Waals surface area (Å²) in [5, 5.41) is 3.12. The van der Waals surface area contributed by atoms with Crippen molar-refractivity contribution in [3.63, 3.8) is 0 Å². The van der Waals surface area contributed by atoms with Crippen LogP contribution in [-0.2, 0) is 6.54 Å². The van der Waals surface area contributed by atoms with Crippen molar-refractivity contribution in [3.8, 4) is 0 Å². The number of rotatable bonds is 4. The van der Waals surface area contributed by atoms with E-state index in [1.54, 1.807) is 12.5 Å². The van der Waals surface area contributed by atoms with E-state index in [1.807, 2.05) is 24.3 Å². The maximum Gasteiger partial charge on any atom is 0.126 e. The molecule has 0 atom stereocenters. The Morgan fingerprint density at radius 3 is 2.88 bits per heavy atom. The maximum absolute atomic E-state index is 5.47. The molecule has 2 aromatic rings. The first-order chi connectivity index (χ1) is 7.75. The number of anilines is 1. The zero-order chi connectivity index (χ0) is 11.4. The predicted molar refractivity (Wildman–Crippen MR) is 66.2 cm³/mol. The number of nitrogens with zero attached hydrogens (tertiary/aromatic N) is 1. The molecule has 2 rings (SSSR count). The van der Waals surface area contributed by atoms with Crippen LogP contribution in [-0.4, -0.2) is 9.97 Å². The van der Waals surface area contributed by atoms with E-state index in [0.29, 0.717) is 11.5 Å². The van der Waals surface area contributed by atoms with Crippen molar-refractivity contribution in [3.05, 3.63) is 48.0 Å². The zero-order valence-corrected chi connectivity index (χ0v) is 9.33. The van der Waals surface area contributed by atoms with Crippen molar-refractivity contribution in [1.82, 2.24) is 4.98 Å². The highest BCUT2D eigenvalue weighted by molar-refractivity contribution is 7.80. The third-order valence-electron chi connectivity index (χ3n) is 2.07. The van der Waals surface area contributed by atoms with Gasteiger partial charge in [-0.1, -0.05) is 12.2 Å². The summed E-state index contributed by atoms with van der Waals surface area (Å²) < 4.78 is 5.19. The molecule has 5 heteroatoms. The van der Waals surface area contributed by atoms with Gasteiger partial charge in [-0.3, -0.25) is 0 Å². The molecule has 0 aliphatic rings. The molecule has 2 heterocycles. The number of nitrogens with two attached hydrogens (primary N) is 1. The van der Waals surface area contributed by atoms with Crippen molar-refractivity contribution in [2.24, 2.45) is 5.73 Å². The van der Waals surface area contributed by atoms with Crippen molar-refractivity contribution >= 4 is 23.0 Å². The average molecular weight is 233 g/mol. The molecule has 0 aliphatic heterocycles. The molecule has 82 valence electrons. The highest BCUT2D eigenvalue weighted by atomic mass is 32.1. The second-order valence-corrected chi connectivity index (χ2v) is 3.67. The topological polar surface area (TPSA) is 64.1 Å². The molecule has 0 fully saturated rings. The third-order valence-corrected chi connectivity index (χ3v) is 2.31. The number of aromatic nitrogens is 1. The minimum absolute atomic E-state index is 0.352. The molecule has 0 bridgehead atoms. The van der Waals surface area contributed by atoms with Crippen molar-refractivity contribution in [2.75, 3.05) is 5.32 Å². The maximum atomic E-state index is 5.47. The Hall–Kier alpha value is -1.88. The van der Waals surface area contributed by atoms with Crippen LogP contribution in [0.4, 0.5) is 5.82 Å². The SMILES string of the molecule is NC(=S)c1ccc(NCc2ccco2)nc1. The monoisotopic (exact) mass is 233 g/mol. The van der Waals surface area contributed by atoms with Gasteiger partial charge in [-0.05, 0) is 24.3 Å². The molecule has 0 spiro atoms. The molecule has 2 aromatic heterocycles. The van der Waals surface area contributed by atoms with Crippen molar-refractivity contribution < 1.29 is 4.42 Å². The van der Waals surface area contributed by atoms with Gasteiger partial charge in [-0.2, -0.15) is 0 Å². The fourth-order valence-corrected chi connectivity index (χ4v) is 1.36. The summed E-state index contributed by atoms with van der Waals surface area (Å²) >= 11 is 4.84. The smallest absolute Gasteiger partial charge is 0.126 e. The molecule has 16 heavy (non-hydrogen) atoms. The van der Waals surface area contributed by atoms with Crippen LogP contribution in [0, 0.1) is 0 Å². The number of nitrogens with one attached hydrogen (secondary N) is 1. The number of pyridine rings is 1. The fourth-order valence-electron chi connectivity index (χ4n) is 1.24. The van der Waals surface area contributed by atoms with Crippen LogP contribution in [0.5, 0.6) is 0 Å². The van der Waals surface area contributed by atoms with E-state index in [1.165, 1.54) is 0 Å². The molecule has 0 amide bonds. The molecule has 0 radical (unpaired) electrons. The number of hydrogen-bond donors (Lipinski definition) is 2. The van der Waals surface area contributed by atoms with Crippen LogP contribution < -0.4 is 11.1 Å². The van der Waals surface area contributed by atoms with Crippen LogP contribution in [0.1, 0.15) is 11.3 Å². The van der Waals surface area contributed by atoms with E-state index in [9.17, 15) is 0 Å². The highest BCUT2D eigenvalue weighted by Crippen LogP contribution is 2.07. The summed E-state index contributed by atoms with van der Waals surface area (Å²) in [5.41, 5.74) is 6.23. The van der Waals surface area contributed by atoms with E-state index < -0.39 is 0 Å². The summed E-state index contributed by atoms with van der Waals surface area (Å²) in [4.78, 5) is 4.53. The Balaban J connectivity index is 1.98. The van der Waals surface area contributed by atoms with Crippen LogP contribution in [0.2, 0.25) is 0 Å². The lowest BCUT2D eigenvalue weighted by atomic mass is 10.3. The van der Waals surface area contributed by atoms with E-state index >= 15 is 0 Å². The van der Waals surface area contributed by atoms with Gasteiger partial charge < -0.3 is 15.5 Å². The second kappa shape index (κ2) is 4.76. The highest BCUT2D eigenvalue weighted by Gasteiger charge is 1.99. The molecule has 0 aromatic carbocycles. The van der Waals surface area contributed by atoms with Gasteiger partial charge in [0.05, 0.1) is 12.8 Å². The van der Waals surface area contributed by atoms with E-state index in [0.717, 1.165) is 17.1 Å². The Bertz CT molecular complexity index is 464. The molecular weight excluding hydrogens is 222 g/mol. The Morgan fingerprint density at radius 2 is 2.31 bits per heavy atom. The summed E-state index contributed by atoms with van der Waals surface area (Å²) in [6.07, 6.45) is 3.28. The van der Waals surface area contributed by atoms with Gasteiger partial charge in [0.1, 0.15) is 16.6 Å². The van der Waals surface area contributed by atoms with Crippen LogP contribution in [0.3, 0.4) is 0 Å². The average Bonchev–Trinajstić information content (AvgIpc) is 2.80. The summed E-state index contributed by atoms with van der Waals surface area (Å²) in [6.45, 7) is 0.604. The Morgan fingerprint density at radius 1 is 1.44 bits per heavy atom. The minimum Gasteiger partial charge on any atom is -0.467 e. The van der Waals surface area contributed by atoms with E-state index in [4.69, 9.17) is 22.4 Å². The minimum atomic E-state index is 0.352. The third kappa shape index (κ3) is 2.58. The molecule has 0 aliphatic carbocycles. The molecule has 0 saturated heterocycles. The quantitative estimate of drug-likeness (QED) is 0.790. The van der Waals surface area contributed by atoms with Crippen LogP contribution in [0.25, 0.3) is 0 Å². The molecule has 0 unspecified atom stereocenters. The number of hydrogen-bond acceptors (Lipinski definition) is 4. The Labute approximate surface area is 98.5 Å². The van der Waals surface area contributed by atoms with Gasteiger partial charge in [0.15, 0.2) is 0 Å². The van der Waals surface area contributed by atoms with Crippen molar-refractivity contribution in [1.29, 1.82) is 0 Å². The predicted octanol–water partition coefficient (Wildman–Crippen LogP) is 1.92. The molecule has 0 saturated carbocycles. The molecular formula is C11H11N3OS. The normalized spacial score (nSPS) is 10.0. The fraction of sp³-hybridized carbons (Fsp3) is 0.0909. The lowest BCUT2D eigenvalue weighted by Gasteiger charge is -2.04. The lowest BCUT2D eigenvalue weighted by molar-refractivity contribution is 0.518. The van der Waals surface area contributed by atoms with Gasteiger partial charge in [0.2, 0.25) is 0 Å². The number of thiocarbonyl (C=S) groups is 1. The summed E-state index contributed by atoms with van der Waals surface area (Å²) in [6, 6.07) is 7.41.